The third-order valence-electron chi connectivity index (χ3n) is 4.78. The molecule has 2 aromatic rings. The predicted octanol–water partition coefficient (Wildman–Crippen LogP) is 2.70. The second kappa shape index (κ2) is 6.67. The molecule has 1 atom stereocenters. The molecule has 5 nitrogen and oxygen atoms in total. The van der Waals surface area contributed by atoms with Gasteiger partial charge in [0.2, 0.25) is 0 Å². The van der Waals surface area contributed by atoms with Gasteiger partial charge in [0.05, 0.1) is 12.3 Å². The Bertz CT molecular complexity index is 721. The molecule has 0 bridgehead atoms. The lowest BCUT2D eigenvalue weighted by molar-refractivity contribution is 0.0394. The average molecular weight is 345 g/mol. The Labute approximate surface area is 147 Å². The summed E-state index contributed by atoms with van der Waals surface area (Å²) in [6.07, 6.45) is 2.74. The predicted molar refractivity (Wildman–Crippen MR) is 94.4 cm³/mol. The lowest BCUT2D eigenvalue weighted by Gasteiger charge is -2.36. The molecule has 2 aliphatic heterocycles. The van der Waals surface area contributed by atoms with Crippen LogP contribution in [0.3, 0.4) is 0 Å². The first-order valence-corrected chi connectivity index (χ1v) is 8.72. The van der Waals surface area contributed by atoms with Crippen molar-refractivity contribution in [3.8, 4) is 0 Å². The Morgan fingerprint density at radius 3 is 2.83 bits per heavy atom. The minimum absolute atomic E-state index is 0.0444. The zero-order valence-electron chi connectivity index (χ0n) is 13.8. The van der Waals surface area contributed by atoms with Crippen molar-refractivity contribution in [2.45, 2.75) is 19.1 Å². The van der Waals surface area contributed by atoms with Gasteiger partial charge in [0.25, 0.3) is 0 Å². The summed E-state index contributed by atoms with van der Waals surface area (Å²) in [5.74, 6) is 1.06. The summed E-state index contributed by atoms with van der Waals surface area (Å²) in [6.45, 7) is 4.32. The highest BCUT2D eigenvalue weighted by atomic mass is 35.5. The molecule has 4 rings (SSSR count). The van der Waals surface area contributed by atoms with E-state index in [4.69, 9.17) is 16.3 Å². The summed E-state index contributed by atoms with van der Waals surface area (Å²) in [7, 11) is 2.15. The molecule has 1 saturated heterocycles. The molecule has 0 spiro atoms. The maximum atomic E-state index is 6.00. The van der Waals surface area contributed by atoms with Gasteiger partial charge in [0, 0.05) is 43.2 Å². The standard InChI is InChI=1S/C18H21ClN4O/c1-22-7-6-16-15(10-22)18(21-12-20-16)23-8-9-24-17(11-23)13-2-4-14(19)5-3-13/h2-5,12,17H,6-11H2,1H3/t17-/m1/s1. The Morgan fingerprint density at radius 1 is 1.17 bits per heavy atom. The number of aromatic nitrogens is 2. The van der Waals surface area contributed by atoms with E-state index in [0.29, 0.717) is 6.61 Å². The van der Waals surface area contributed by atoms with Crippen LogP contribution in [0.1, 0.15) is 22.9 Å². The summed E-state index contributed by atoms with van der Waals surface area (Å²) in [5.41, 5.74) is 3.61. The van der Waals surface area contributed by atoms with E-state index < -0.39 is 0 Å². The largest absolute Gasteiger partial charge is 0.370 e. The molecule has 0 N–H and O–H groups in total. The van der Waals surface area contributed by atoms with E-state index in [-0.39, 0.29) is 6.10 Å². The highest BCUT2D eigenvalue weighted by Crippen LogP contribution is 2.30. The molecule has 3 heterocycles. The second-order valence-electron chi connectivity index (χ2n) is 6.47. The lowest BCUT2D eigenvalue weighted by Crippen LogP contribution is -2.40. The highest BCUT2D eigenvalue weighted by Gasteiger charge is 2.27. The quantitative estimate of drug-likeness (QED) is 0.838. The molecule has 0 unspecified atom stereocenters. The number of fused-ring (bicyclic) bond motifs is 1. The van der Waals surface area contributed by atoms with Crippen molar-refractivity contribution in [1.82, 2.24) is 14.9 Å². The van der Waals surface area contributed by atoms with Crippen molar-refractivity contribution in [3.05, 3.63) is 52.4 Å². The minimum Gasteiger partial charge on any atom is -0.370 e. The Balaban J connectivity index is 1.60. The molecule has 126 valence electrons. The smallest absolute Gasteiger partial charge is 0.136 e. The van der Waals surface area contributed by atoms with Gasteiger partial charge in [-0.25, -0.2) is 9.97 Å². The van der Waals surface area contributed by atoms with Crippen molar-refractivity contribution < 1.29 is 4.74 Å². The van der Waals surface area contributed by atoms with Crippen LogP contribution in [0, 0.1) is 0 Å². The first kappa shape index (κ1) is 15.8. The lowest BCUT2D eigenvalue weighted by atomic mass is 10.0. The maximum absolute atomic E-state index is 6.00. The van der Waals surface area contributed by atoms with Gasteiger partial charge in [-0.15, -0.1) is 0 Å². The normalized spacial score (nSPS) is 21.6. The number of halogens is 1. The highest BCUT2D eigenvalue weighted by molar-refractivity contribution is 6.30. The first-order chi connectivity index (χ1) is 11.7. The van der Waals surface area contributed by atoms with Crippen LogP contribution in [-0.2, 0) is 17.7 Å². The number of anilines is 1. The van der Waals surface area contributed by atoms with Crippen LogP contribution in [0.4, 0.5) is 5.82 Å². The van der Waals surface area contributed by atoms with Crippen molar-refractivity contribution in [3.63, 3.8) is 0 Å². The van der Waals surface area contributed by atoms with Crippen LogP contribution in [0.15, 0.2) is 30.6 Å². The minimum atomic E-state index is 0.0444. The summed E-state index contributed by atoms with van der Waals surface area (Å²) in [5, 5.41) is 0.749. The number of likely N-dealkylation sites (N-methyl/N-ethyl adjacent to an activating group) is 1. The SMILES string of the molecule is CN1CCc2ncnc(N3CCO[C@@H](c4ccc(Cl)cc4)C3)c2C1. The van der Waals surface area contributed by atoms with Crippen LogP contribution in [-0.4, -0.2) is 48.2 Å². The molecular weight excluding hydrogens is 324 g/mol. The topological polar surface area (TPSA) is 41.5 Å². The van der Waals surface area contributed by atoms with Crippen LogP contribution in [0.5, 0.6) is 0 Å². The van der Waals surface area contributed by atoms with Crippen LogP contribution < -0.4 is 4.90 Å². The molecule has 1 aromatic carbocycles. The molecule has 6 heteroatoms. The van der Waals surface area contributed by atoms with Gasteiger partial charge in [-0.3, -0.25) is 0 Å². The Morgan fingerprint density at radius 2 is 2.00 bits per heavy atom. The van der Waals surface area contributed by atoms with Gasteiger partial charge in [-0.05, 0) is 24.7 Å². The molecular formula is C18H21ClN4O. The van der Waals surface area contributed by atoms with Crippen LogP contribution >= 0.6 is 11.6 Å². The number of nitrogens with zero attached hydrogens (tertiary/aromatic N) is 4. The second-order valence-corrected chi connectivity index (χ2v) is 6.90. The van der Waals surface area contributed by atoms with Crippen LogP contribution in [0.25, 0.3) is 0 Å². The van der Waals surface area contributed by atoms with E-state index in [1.807, 2.05) is 24.3 Å². The van der Waals surface area contributed by atoms with Gasteiger partial charge in [-0.1, -0.05) is 23.7 Å². The van der Waals surface area contributed by atoms with Gasteiger partial charge in [-0.2, -0.15) is 0 Å². The van der Waals surface area contributed by atoms with E-state index in [9.17, 15) is 0 Å². The van der Waals surface area contributed by atoms with Gasteiger partial charge >= 0.3 is 0 Å². The summed E-state index contributed by atoms with van der Waals surface area (Å²) < 4.78 is 5.98. The number of morpholine rings is 1. The van der Waals surface area contributed by atoms with E-state index >= 15 is 0 Å². The molecule has 0 radical (unpaired) electrons. The third-order valence-corrected chi connectivity index (χ3v) is 5.03. The zero-order chi connectivity index (χ0) is 16.5. The van der Waals surface area contributed by atoms with E-state index in [0.717, 1.165) is 49.0 Å². The third kappa shape index (κ3) is 3.11. The first-order valence-electron chi connectivity index (χ1n) is 8.34. The van der Waals surface area contributed by atoms with E-state index in [1.165, 1.54) is 11.3 Å². The summed E-state index contributed by atoms with van der Waals surface area (Å²) >= 11 is 6.00. The monoisotopic (exact) mass is 344 g/mol. The molecule has 2 aliphatic rings. The number of ether oxygens (including phenoxy) is 1. The van der Waals surface area contributed by atoms with E-state index in [1.54, 1.807) is 6.33 Å². The number of hydrogen-bond acceptors (Lipinski definition) is 5. The van der Waals surface area contributed by atoms with Crippen molar-refractivity contribution in [2.24, 2.45) is 0 Å². The molecule has 0 aliphatic carbocycles. The maximum Gasteiger partial charge on any atom is 0.136 e. The molecule has 0 saturated carbocycles. The number of rotatable bonds is 2. The fourth-order valence-electron chi connectivity index (χ4n) is 3.45. The zero-order valence-corrected chi connectivity index (χ0v) is 14.5. The molecule has 24 heavy (non-hydrogen) atoms. The van der Waals surface area contributed by atoms with Gasteiger partial charge in [0.1, 0.15) is 18.2 Å². The summed E-state index contributed by atoms with van der Waals surface area (Å²) in [6, 6.07) is 7.92. The van der Waals surface area contributed by atoms with Crippen molar-refractivity contribution in [2.75, 3.05) is 38.2 Å². The molecule has 1 fully saturated rings. The van der Waals surface area contributed by atoms with Crippen molar-refractivity contribution >= 4 is 17.4 Å². The van der Waals surface area contributed by atoms with Gasteiger partial charge < -0.3 is 14.5 Å². The van der Waals surface area contributed by atoms with Gasteiger partial charge in [0.15, 0.2) is 0 Å². The van der Waals surface area contributed by atoms with Crippen molar-refractivity contribution in [1.29, 1.82) is 0 Å². The van der Waals surface area contributed by atoms with Crippen LogP contribution in [0.2, 0.25) is 5.02 Å². The fraction of sp³-hybridized carbons (Fsp3) is 0.444. The number of benzene rings is 1. The molecule has 0 amide bonds. The molecule has 1 aromatic heterocycles. The Kier molecular flexibility index (Phi) is 4.39. The van der Waals surface area contributed by atoms with E-state index in [2.05, 4.69) is 26.8 Å². The Hall–Kier alpha value is -1.69. The fourth-order valence-corrected chi connectivity index (χ4v) is 3.58. The number of hydrogen-bond donors (Lipinski definition) is 0. The average Bonchev–Trinajstić information content (AvgIpc) is 2.62. The summed E-state index contributed by atoms with van der Waals surface area (Å²) in [4.78, 5) is 13.8.